The van der Waals surface area contributed by atoms with Crippen LogP contribution in [-0.4, -0.2) is 26.6 Å². The molecule has 1 heterocycles. The first kappa shape index (κ1) is 13.6. The molecule has 1 saturated heterocycles. The number of nitrogens with zero attached hydrogens (tertiary/aromatic N) is 1. The lowest BCUT2D eigenvalue weighted by Gasteiger charge is -2.17. The molecule has 0 spiro atoms. The van der Waals surface area contributed by atoms with Crippen molar-refractivity contribution in [1.29, 1.82) is 0 Å². The van der Waals surface area contributed by atoms with Gasteiger partial charge in [-0.1, -0.05) is 18.7 Å². The third kappa shape index (κ3) is 3.14. The van der Waals surface area contributed by atoms with E-state index < -0.39 is 10.0 Å². The lowest BCUT2D eigenvalue weighted by Crippen LogP contribution is -2.25. The van der Waals surface area contributed by atoms with E-state index in [2.05, 4.69) is 11.9 Å². The summed E-state index contributed by atoms with van der Waals surface area (Å²) in [5.41, 5.74) is 1.51. The molecule has 1 aliphatic rings. The highest BCUT2D eigenvalue weighted by Crippen LogP contribution is 2.24. The fourth-order valence-electron chi connectivity index (χ4n) is 2.01. The van der Waals surface area contributed by atoms with Gasteiger partial charge in [0, 0.05) is 13.1 Å². The summed E-state index contributed by atoms with van der Waals surface area (Å²) in [6, 6.07) is 7.18. The van der Waals surface area contributed by atoms with Crippen molar-refractivity contribution in [3.05, 3.63) is 42.5 Å². The minimum atomic E-state index is -3.16. The molecule has 1 aliphatic heterocycles. The van der Waals surface area contributed by atoms with Crippen LogP contribution in [0.1, 0.15) is 12.0 Å². The monoisotopic (exact) mass is 280 g/mol. The average molecular weight is 280 g/mol. The van der Waals surface area contributed by atoms with Crippen molar-refractivity contribution in [3.8, 4) is 0 Å². The van der Waals surface area contributed by atoms with Crippen LogP contribution >= 0.6 is 0 Å². The first-order valence-electron chi connectivity index (χ1n) is 6.02. The van der Waals surface area contributed by atoms with Gasteiger partial charge in [0.25, 0.3) is 0 Å². The molecule has 6 heteroatoms. The van der Waals surface area contributed by atoms with Crippen LogP contribution in [0.15, 0.2) is 36.9 Å². The Kier molecular flexibility index (Phi) is 3.90. The summed E-state index contributed by atoms with van der Waals surface area (Å²) in [5.74, 6) is -0.0519. The number of hydrogen-bond acceptors (Lipinski definition) is 3. The van der Waals surface area contributed by atoms with E-state index in [9.17, 15) is 13.2 Å². The number of nitrogens with one attached hydrogen (secondary N) is 1. The number of hydrogen-bond donors (Lipinski definition) is 1. The molecule has 1 fully saturated rings. The second-order valence-electron chi connectivity index (χ2n) is 4.33. The van der Waals surface area contributed by atoms with Gasteiger partial charge in [0.05, 0.1) is 11.4 Å². The lowest BCUT2D eigenvalue weighted by atomic mass is 10.2. The highest BCUT2D eigenvalue weighted by Gasteiger charge is 2.28. The number of rotatable bonds is 4. The highest BCUT2D eigenvalue weighted by atomic mass is 32.2. The summed E-state index contributed by atoms with van der Waals surface area (Å²) in [6.45, 7) is 4.25. The Morgan fingerprint density at radius 2 is 2.26 bits per heavy atom. The highest BCUT2D eigenvalue weighted by molar-refractivity contribution is 7.93. The molecular weight excluding hydrogens is 264 g/mol. The molecule has 5 nitrogen and oxygen atoms in total. The molecule has 0 radical (unpaired) electrons. The van der Waals surface area contributed by atoms with E-state index in [1.165, 1.54) is 10.4 Å². The summed E-state index contributed by atoms with van der Waals surface area (Å²) < 4.78 is 25.1. The predicted octanol–water partition coefficient (Wildman–Crippen LogP) is 1.03. The Bertz CT molecular complexity index is 596. The molecule has 0 aliphatic carbocycles. The van der Waals surface area contributed by atoms with Gasteiger partial charge in [-0.3, -0.25) is 9.10 Å². The second kappa shape index (κ2) is 5.44. The molecule has 0 saturated carbocycles. The molecule has 0 bridgehead atoms. The van der Waals surface area contributed by atoms with Crippen molar-refractivity contribution >= 4 is 21.6 Å². The summed E-state index contributed by atoms with van der Waals surface area (Å²) >= 11 is 0. The smallest absolute Gasteiger partial charge is 0.243 e. The van der Waals surface area contributed by atoms with Crippen LogP contribution in [0.3, 0.4) is 0 Å². The Hall–Kier alpha value is -1.82. The number of benzene rings is 1. The normalized spacial score (nSPS) is 17.2. The van der Waals surface area contributed by atoms with Crippen molar-refractivity contribution < 1.29 is 13.2 Å². The standard InChI is InChI=1S/C13H16N2O3S/c1-2-13(16)14-10-11-5-3-6-12(9-11)15-7-4-8-19(15,17)18/h2-3,5-6,9H,1,4,7-8,10H2,(H,14,16). The third-order valence-corrected chi connectivity index (χ3v) is 4.82. The quantitative estimate of drug-likeness (QED) is 0.838. The topological polar surface area (TPSA) is 66.5 Å². The van der Waals surface area contributed by atoms with Gasteiger partial charge in [0.15, 0.2) is 0 Å². The van der Waals surface area contributed by atoms with Gasteiger partial charge in [-0.05, 0) is 30.2 Å². The summed E-state index contributed by atoms with van der Waals surface area (Å²) in [5, 5.41) is 2.66. The van der Waals surface area contributed by atoms with Crippen LogP contribution in [0, 0.1) is 0 Å². The third-order valence-electron chi connectivity index (χ3n) is 2.95. The molecular formula is C13H16N2O3S. The van der Waals surface area contributed by atoms with E-state index in [1.807, 2.05) is 6.07 Å². The molecule has 102 valence electrons. The molecule has 1 N–H and O–H groups in total. The molecule has 0 atom stereocenters. The van der Waals surface area contributed by atoms with Crippen LogP contribution in [-0.2, 0) is 21.4 Å². The summed E-state index contributed by atoms with van der Waals surface area (Å²) in [6.07, 6.45) is 1.86. The molecule has 19 heavy (non-hydrogen) atoms. The Balaban J connectivity index is 2.15. The van der Waals surface area contributed by atoms with E-state index >= 15 is 0 Å². The van der Waals surface area contributed by atoms with E-state index in [4.69, 9.17) is 0 Å². The molecule has 1 aromatic carbocycles. The number of anilines is 1. The van der Waals surface area contributed by atoms with Crippen molar-refractivity contribution in [1.82, 2.24) is 5.32 Å². The Labute approximate surface area is 113 Å². The van der Waals surface area contributed by atoms with E-state index in [0.717, 1.165) is 5.56 Å². The van der Waals surface area contributed by atoms with Crippen LogP contribution in [0.2, 0.25) is 0 Å². The second-order valence-corrected chi connectivity index (χ2v) is 6.35. The Morgan fingerprint density at radius 3 is 2.89 bits per heavy atom. The Morgan fingerprint density at radius 1 is 1.47 bits per heavy atom. The van der Waals surface area contributed by atoms with Gasteiger partial charge in [-0.15, -0.1) is 0 Å². The van der Waals surface area contributed by atoms with Crippen molar-refractivity contribution in [3.63, 3.8) is 0 Å². The predicted molar refractivity (Wildman–Crippen MR) is 74.2 cm³/mol. The van der Waals surface area contributed by atoms with Gasteiger partial charge in [0.1, 0.15) is 0 Å². The van der Waals surface area contributed by atoms with Gasteiger partial charge in [0.2, 0.25) is 15.9 Å². The zero-order valence-electron chi connectivity index (χ0n) is 10.5. The van der Waals surface area contributed by atoms with Crippen LogP contribution in [0.4, 0.5) is 5.69 Å². The molecule has 0 unspecified atom stereocenters. The fraction of sp³-hybridized carbons (Fsp3) is 0.308. The van der Waals surface area contributed by atoms with E-state index in [1.54, 1.807) is 18.2 Å². The van der Waals surface area contributed by atoms with Gasteiger partial charge >= 0.3 is 0 Å². The van der Waals surface area contributed by atoms with Crippen LogP contribution in [0.25, 0.3) is 0 Å². The van der Waals surface area contributed by atoms with E-state index in [-0.39, 0.29) is 11.7 Å². The number of carbonyl (C=O) groups excluding carboxylic acids is 1. The fourth-order valence-corrected chi connectivity index (χ4v) is 3.57. The molecule has 1 amide bonds. The van der Waals surface area contributed by atoms with E-state index in [0.29, 0.717) is 25.2 Å². The average Bonchev–Trinajstić information content (AvgIpc) is 2.76. The maximum atomic E-state index is 11.8. The molecule has 2 rings (SSSR count). The lowest BCUT2D eigenvalue weighted by molar-refractivity contribution is -0.116. The number of carbonyl (C=O) groups is 1. The minimum Gasteiger partial charge on any atom is -0.348 e. The van der Waals surface area contributed by atoms with Gasteiger partial charge < -0.3 is 5.32 Å². The number of amides is 1. The maximum absolute atomic E-state index is 11.8. The van der Waals surface area contributed by atoms with Gasteiger partial charge in [-0.2, -0.15) is 0 Å². The van der Waals surface area contributed by atoms with Crippen LogP contribution in [0.5, 0.6) is 0 Å². The van der Waals surface area contributed by atoms with Crippen LogP contribution < -0.4 is 9.62 Å². The maximum Gasteiger partial charge on any atom is 0.243 e. The number of sulfonamides is 1. The van der Waals surface area contributed by atoms with Crippen molar-refractivity contribution in [2.24, 2.45) is 0 Å². The zero-order valence-corrected chi connectivity index (χ0v) is 11.3. The zero-order chi connectivity index (χ0) is 13.9. The van der Waals surface area contributed by atoms with Gasteiger partial charge in [-0.25, -0.2) is 8.42 Å². The van der Waals surface area contributed by atoms with Crippen molar-refractivity contribution in [2.75, 3.05) is 16.6 Å². The summed E-state index contributed by atoms with van der Waals surface area (Å²) in [4.78, 5) is 11.1. The minimum absolute atomic E-state index is 0.199. The first-order valence-corrected chi connectivity index (χ1v) is 7.63. The van der Waals surface area contributed by atoms with Crippen molar-refractivity contribution in [2.45, 2.75) is 13.0 Å². The molecule has 1 aromatic rings. The molecule has 0 aromatic heterocycles. The SMILES string of the molecule is C=CC(=O)NCc1cccc(N2CCCS2(=O)=O)c1. The first-order chi connectivity index (χ1) is 9.03. The summed E-state index contributed by atoms with van der Waals surface area (Å²) in [7, 11) is -3.16. The largest absolute Gasteiger partial charge is 0.348 e.